The Bertz CT molecular complexity index is 782. The number of allylic oxidation sites excluding steroid dienone is 8. The molecule has 0 unspecified atom stereocenters. The SMILES string of the molecule is CCCCCC=CCC=CCC=CCC=CCCCC(=O)O[C@@H](CO)COC(=O)CCCCCCCCCCCCCCCCC. The first-order chi connectivity index (χ1) is 22.6. The first kappa shape index (κ1) is 43.9. The van der Waals surface area contributed by atoms with Crippen LogP contribution in [0.2, 0.25) is 0 Å². The van der Waals surface area contributed by atoms with Gasteiger partial charge in [0.1, 0.15) is 6.61 Å². The highest BCUT2D eigenvalue weighted by molar-refractivity contribution is 5.70. The Kier molecular flexibility index (Phi) is 35.6. The zero-order chi connectivity index (χ0) is 33.6. The lowest BCUT2D eigenvalue weighted by atomic mass is 10.0. The van der Waals surface area contributed by atoms with Crippen LogP contribution in [0.3, 0.4) is 0 Å². The van der Waals surface area contributed by atoms with Crippen LogP contribution in [0.1, 0.15) is 181 Å². The number of aliphatic hydroxyl groups is 1. The molecule has 0 spiro atoms. The van der Waals surface area contributed by atoms with Crippen molar-refractivity contribution in [3.05, 3.63) is 48.6 Å². The van der Waals surface area contributed by atoms with E-state index in [2.05, 4.69) is 62.5 Å². The second-order valence-corrected chi connectivity index (χ2v) is 12.7. The zero-order valence-corrected chi connectivity index (χ0v) is 30.1. The van der Waals surface area contributed by atoms with Gasteiger partial charge in [-0.25, -0.2) is 0 Å². The summed E-state index contributed by atoms with van der Waals surface area (Å²) in [4.78, 5) is 24.2. The summed E-state index contributed by atoms with van der Waals surface area (Å²) in [6.07, 6.45) is 46.0. The standard InChI is InChI=1S/C41H72O5/c1-3-5-7-9-11-13-15-17-19-20-22-24-26-28-30-32-34-36-41(44)46-39(37-42)38-45-40(43)35-33-31-29-27-25-23-21-18-16-14-12-10-8-6-4-2/h11,13,17,19,22,24,28,30,39,42H,3-10,12,14-16,18,20-21,23,25-27,29,31-38H2,1-2H3/t39-/m0/s1. The molecule has 5 heteroatoms. The monoisotopic (exact) mass is 645 g/mol. The minimum Gasteiger partial charge on any atom is -0.462 e. The molecule has 0 aromatic carbocycles. The minimum absolute atomic E-state index is 0.0863. The van der Waals surface area contributed by atoms with Crippen LogP contribution >= 0.6 is 0 Å². The van der Waals surface area contributed by atoms with E-state index >= 15 is 0 Å². The van der Waals surface area contributed by atoms with E-state index in [0.717, 1.165) is 44.9 Å². The van der Waals surface area contributed by atoms with Gasteiger partial charge in [-0.2, -0.15) is 0 Å². The van der Waals surface area contributed by atoms with Gasteiger partial charge in [-0.05, 0) is 51.4 Å². The summed E-state index contributed by atoms with van der Waals surface area (Å²) in [6, 6.07) is 0. The third kappa shape index (κ3) is 34.7. The normalized spacial score (nSPS) is 12.7. The van der Waals surface area contributed by atoms with Crippen LogP contribution in [-0.4, -0.2) is 36.4 Å². The van der Waals surface area contributed by atoms with E-state index in [1.807, 2.05) is 0 Å². The second kappa shape index (κ2) is 37.3. The number of ether oxygens (including phenoxy) is 2. The van der Waals surface area contributed by atoms with Crippen molar-refractivity contribution in [2.75, 3.05) is 13.2 Å². The summed E-state index contributed by atoms with van der Waals surface area (Å²) in [5.41, 5.74) is 0. The molecule has 1 N–H and O–H groups in total. The summed E-state index contributed by atoms with van der Waals surface area (Å²) in [6.45, 7) is 4.06. The smallest absolute Gasteiger partial charge is 0.306 e. The predicted octanol–water partition coefficient (Wildman–Crippen LogP) is 11.8. The molecule has 0 fully saturated rings. The Balaban J connectivity index is 3.66. The fraction of sp³-hybridized carbons (Fsp3) is 0.756. The van der Waals surface area contributed by atoms with E-state index in [4.69, 9.17) is 9.47 Å². The van der Waals surface area contributed by atoms with Crippen LogP contribution < -0.4 is 0 Å². The summed E-state index contributed by atoms with van der Waals surface area (Å²) < 4.78 is 10.6. The van der Waals surface area contributed by atoms with E-state index < -0.39 is 6.10 Å². The fourth-order valence-electron chi connectivity index (χ4n) is 5.19. The lowest BCUT2D eigenvalue weighted by Gasteiger charge is -2.15. The van der Waals surface area contributed by atoms with Crippen molar-refractivity contribution in [3.63, 3.8) is 0 Å². The topological polar surface area (TPSA) is 72.8 Å². The van der Waals surface area contributed by atoms with E-state index in [1.54, 1.807) is 0 Å². The Morgan fingerprint density at radius 3 is 1.37 bits per heavy atom. The molecule has 0 amide bonds. The molecule has 46 heavy (non-hydrogen) atoms. The molecule has 0 bridgehead atoms. The number of unbranched alkanes of at least 4 members (excludes halogenated alkanes) is 18. The molecule has 0 rings (SSSR count). The number of esters is 2. The Hall–Kier alpha value is -2.14. The molecule has 0 heterocycles. The Labute approximate surface area is 284 Å². The summed E-state index contributed by atoms with van der Waals surface area (Å²) in [5.74, 6) is -0.655. The number of carbonyl (C=O) groups excluding carboxylic acids is 2. The van der Waals surface area contributed by atoms with Gasteiger partial charge in [0.25, 0.3) is 0 Å². The molecule has 0 saturated carbocycles. The van der Waals surface area contributed by atoms with E-state index in [9.17, 15) is 14.7 Å². The van der Waals surface area contributed by atoms with Crippen molar-refractivity contribution in [1.29, 1.82) is 0 Å². The predicted molar refractivity (Wildman–Crippen MR) is 196 cm³/mol. The van der Waals surface area contributed by atoms with E-state index in [0.29, 0.717) is 12.8 Å². The zero-order valence-electron chi connectivity index (χ0n) is 30.1. The van der Waals surface area contributed by atoms with Crippen LogP contribution in [0.5, 0.6) is 0 Å². The molecule has 5 nitrogen and oxygen atoms in total. The quantitative estimate of drug-likeness (QED) is 0.0429. The van der Waals surface area contributed by atoms with Crippen LogP contribution in [-0.2, 0) is 19.1 Å². The number of hydrogen-bond acceptors (Lipinski definition) is 5. The number of rotatable bonds is 34. The highest BCUT2D eigenvalue weighted by Crippen LogP contribution is 2.14. The van der Waals surface area contributed by atoms with E-state index in [-0.39, 0.29) is 31.6 Å². The number of aliphatic hydroxyl groups excluding tert-OH is 1. The maximum Gasteiger partial charge on any atom is 0.306 e. The fourth-order valence-corrected chi connectivity index (χ4v) is 5.19. The third-order valence-electron chi connectivity index (χ3n) is 8.13. The first-order valence-corrected chi connectivity index (χ1v) is 19.2. The van der Waals surface area contributed by atoms with Gasteiger partial charge in [-0.1, -0.05) is 165 Å². The maximum absolute atomic E-state index is 12.1. The minimum atomic E-state index is -0.797. The van der Waals surface area contributed by atoms with Crippen molar-refractivity contribution in [2.45, 2.75) is 187 Å². The molecule has 0 aliphatic heterocycles. The lowest BCUT2D eigenvalue weighted by Crippen LogP contribution is -2.28. The largest absolute Gasteiger partial charge is 0.462 e. The van der Waals surface area contributed by atoms with Crippen molar-refractivity contribution in [1.82, 2.24) is 0 Å². The summed E-state index contributed by atoms with van der Waals surface area (Å²) in [5, 5.41) is 9.53. The average molecular weight is 645 g/mol. The van der Waals surface area contributed by atoms with Crippen LogP contribution in [0.25, 0.3) is 0 Å². The van der Waals surface area contributed by atoms with Crippen LogP contribution in [0.4, 0.5) is 0 Å². The maximum atomic E-state index is 12.1. The molecule has 0 aromatic heterocycles. The molecule has 0 aliphatic carbocycles. The molecular weight excluding hydrogens is 572 g/mol. The average Bonchev–Trinajstić information content (AvgIpc) is 3.06. The van der Waals surface area contributed by atoms with Gasteiger partial charge in [0.15, 0.2) is 6.10 Å². The molecule has 0 aromatic rings. The highest BCUT2D eigenvalue weighted by atomic mass is 16.6. The van der Waals surface area contributed by atoms with Crippen LogP contribution in [0.15, 0.2) is 48.6 Å². The van der Waals surface area contributed by atoms with E-state index in [1.165, 1.54) is 103 Å². The van der Waals surface area contributed by atoms with Crippen LogP contribution in [0, 0.1) is 0 Å². The molecule has 0 radical (unpaired) electrons. The first-order valence-electron chi connectivity index (χ1n) is 19.2. The van der Waals surface area contributed by atoms with Gasteiger partial charge in [0.05, 0.1) is 6.61 Å². The Morgan fingerprint density at radius 2 is 0.891 bits per heavy atom. The van der Waals surface area contributed by atoms with Crippen molar-refractivity contribution in [3.8, 4) is 0 Å². The van der Waals surface area contributed by atoms with Gasteiger partial charge >= 0.3 is 11.9 Å². The van der Waals surface area contributed by atoms with Gasteiger partial charge in [-0.3, -0.25) is 9.59 Å². The molecule has 0 aliphatic rings. The molecule has 266 valence electrons. The molecular formula is C41H72O5. The van der Waals surface area contributed by atoms with Gasteiger partial charge in [0.2, 0.25) is 0 Å². The van der Waals surface area contributed by atoms with Gasteiger partial charge in [0, 0.05) is 12.8 Å². The second-order valence-electron chi connectivity index (χ2n) is 12.7. The third-order valence-corrected chi connectivity index (χ3v) is 8.13. The summed E-state index contributed by atoms with van der Waals surface area (Å²) >= 11 is 0. The van der Waals surface area contributed by atoms with Gasteiger partial charge < -0.3 is 14.6 Å². The molecule has 0 saturated heterocycles. The van der Waals surface area contributed by atoms with Crippen molar-refractivity contribution in [2.24, 2.45) is 0 Å². The molecule has 1 atom stereocenters. The number of hydrogen-bond donors (Lipinski definition) is 1. The summed E-state index contributed by atoms with van der Waals surface area (Å²) in [7, 11) is 0. The highest BCUT2D eigenvalue weighted by Gasteiger charge is 2.15. The van der Waals surface area contributed by atoms with Crippen molar-refractivity contribution < 1.29 is 24.2 Å². The van der Waals surface area contributed by atoms with Gasteiger partial charge in [-0.15, -0.1) is 0 Å². The van der Waals surface area contributed by atoms with Crippen molar-refractivity contribution >= 4 is 11.9 Å². The Morgan fingerprint density at radius 1 is 0.500 bits per heavy atom. The lowest BCUT2D eigenvalue weighted by molar-refractivity contribution is -0.161. The number of carbonyl (C=O) groups is 2.